The predicted molar refractivity (Wildman–Crippen MR) is 101 cm³/mol. The highest BCUT2D eigenvalue weighted by atomic mass is 35.5. The van der Waals surface area contributed by atoms with Crippen LogP contribution in [0.2, 0.25) is 5.02 Å². The highest BCUT2D eigenvalue weighted by Gasteiger charge is 2.11. The Morgan fingerprint density at radius 3 is 2.88 bits per heavy atom. The van der Waals surface area contributed by atoms with Crippen molar-refractivity contribution >= 4 is 45.4 Å². The number of aromatic nitrogens is 3. The first-order valence-corrected chi connectivity index (χ1v) is 8.45. The Morgan fingerprint density at radius 2 is 2.00 bits per heavy atom. The molecule has 4 aromatic rings. The van der Waals surface area contributed by atoms with Crippen molar-refractivity contribution in [3.63, 3.8) is 0 Å². The van der Waals surface area contributed by atoms with Crippen molar-refractivity contribution in [3.05, 3.63) is 59.8 Å². The Bertz CT molecular complexity index is 1080. The third kappa shape index (κ3) is 2.98. The maximum Gasteiger partial charge on any atom is 0.228 e. The van der Waals surface area contributed by atoms with Gasteiger partial charge in [0.1, 0.15) is 0 Å². The van der Waals surface area contributed by atoms with Crippen LogP contribution in [0.5, 0.6) is 0 Å². The molecule has 0 bridgehead atoms. The lowest BCUT2D eigenvalue weighted by molar-refractivity contribution is -0.116. The van der Waals surface area contributed by atoms with Gasteiger partial charge in [-0.3, -0.25) is 10.1 Å². The average molecular weight is 353 g/mol. The molecule has 0 radical (unpaired) electrons. The standard InChI is InChI=1S/C19H17ClN4O/c1-23-17-7-6-14(20)12-15(17)21-19(23)22-18(25)9-11-24-10-8-13-4-2-3-5-16(13)24/h2-8,10,12H,9,11H2,1H3,(H,21,22,25). The van der Waals surface area contributed by atoms with Gasteiger partial charge in [-0.1, -0.05) is 29.8 Å². The highest BCUT2D eigenvalue weighted by molar-refractivity contribution is 6.31. The summed E-state index contributed by atoms with van der Waals surface area (Å²) in [6.07, 6.45) is 2.39. The predicted octanol–water partition coefficient (Wildman–Crippen LogP) is 4.21. The zero-order valence-electron chi connectivity index (χ0n) is 13.7. The fourth-order valence-corrected chi connectivity index (χ4v) is 3.20. The fraction of sp³-hybridized carbons (Fsp3) is 0.158. The summed E-state index contributed by atoms with van der Waals surface area (Å²) in [6, 6.07) is 15.7. The number of nitrogens with zero attached hydrogens (tertiary/aromatic N) is 3. The number of nitrogens with one attached hydrogen (secondary N) is 1. The molecule has 0 unspecified atom stereocenters. The molecule has 0 aliphatic carbocycles. The van der Waals surface area contributed by atoms with E-state index in [9.17, 15) is 4.79 Å². The number of hydrogen-bond donors (Lipinski definition) is 1. The van der Waals surface area contributed by atoms with Crippen molar-refractivity contribution in [3.8, 4) is 0 Å². The van der Waals surface area contributed by atoms with Gasteiger partial charge in [0, 0.05) is 36.7 Å². The van der Waals surface area contributed by atoms with Gasteiger partial charge in [-0.2, -0.15) is 0 Å². The normalized spacial score (nSPS) is 11.3. The van der Waals surface area contributed by atoms with E-state index in [2.05, 4.69) is 33.1 Å². The van der Waals surface area contributed by atoms with E-state index in [4.69, 9.17) is 11.6 Å². The quantitative estimate of drug-likeness (QED) is 0.598. The van der Waals surface area contributed by atoms with E-state index < -0.39 is 0 Å². The molecule has 1 amide bonds. The van der Waals surface area contributed by atoms with Gasteiger partial charge < -0.3 is 9.13 Å². The summed E-state index contributed by atoms with van der Waals surface area (Å²) in [7, 11) is 1.87. The van der Waals surface area contributed by atoms with Crippen LogP contribution in [0.4, 0.5) is 5.95 Å². The van der Waals surface area contributed by atoms with E-state index in [0.717, 1.165) is 16.6 Å². The molecule has 0 atom stereocenters. The second kappa shape index (κ2) is 6.26. The van der Waals surface area contributed by atoms with E-state index >= 15 is 0 Å². The number of rotatable bonds is 4. The SMILES string of the molecule is Cn1c(NC(=O)CCn2ccc3ccccc32)nc2cc(Cl)ccc21. The van der Waals surface area contributed by atoms with Crippen LogP contribution >= 0.6 is 11.6 Å². The summed E-state index contributed by atoms with van der Waals surface area (Å²) in [5.74, 6) is 0.460. The second-order valence-corrected chi connectivity index (χ2v) is 6.43. The lowest BCUT2D eigenvalue weighted by Gasteiger charge is -2.07. The zero-order valence-corrected chi connectivity index (χ0v) is 14.5. The molecule has 0 aliphatic rings. The molecular formula is C19H17ClN4O. The minimum absolute atomic E-state index is 0.0673. The van der Waals surface area contributed by atoms with Crippen LogP contribution in [0.25, 0.3) is 21.9 Å². The molecule has 0 aliphatic heterocycles. The highest BCUT2D eigenvalue weighted by Crippen LogP contribution is 2.22. The van der Waals surface area contributed by atoms with Gasteiger partial charge >= 0.3 is 0 Å². The molecule has 6 heteroatoms. The monoisotopic (exact) mass is 352 g/mol. The van der Waals surface area contributed by atoms with Gasteiger partial charge in [0.25, 0.3) is 0 Å². The number of anilines is 1. The van der Waals surface area contributed by atoms with Gasteiger partial charge in [0.05, 0.1) is 11.0 Å². The lowest BCUT2D eigenvalue weighted by Crippen LogP contribution is -2.16. The molecule has 5 nitrogen and oxygen atoms in total. The summed E-state index contributed by atoms with van der Waals surface area (Å²) >= 11 is 6.00. The third-order valence-electron chi connectivity index (χ3n) is 4.35. The minimum Gasteiger partial charge on any atom is -0.347 e. The van der Waals surface area contributed by atoms with Crippen molar-refractivity contribution in [2.75, 3.05) is 5.32 Å². The number of carbonyl (C=O) groups is 1. The Morgan fingerprint density at radius 1 is 1.16 bits per heavy atom. The average Bonchev–Trinajstić information content (AvgIpc) is 3.14. The number of amides is 1. The molecule has 126 valence electrons. The van der Waals surface area contributed by atoms with Crippen LogP contribution in [0.1, 0.15) is 6.42 Å². The van der Waals surface area contributed by atoms with Crippen molar-refractivity contribution in [2.24, 2.45) is 7.05 Å². The number of hydrogen-bond acceptors (Lipinski definition) is 2. The molecule has 4 rings (SSSR count). The van der Waals surface area contributed by atoms with Crippen LogP contribution in [-0.2, 0) is 18.4 Å². The van der Waals surface area contributed by atoms with Crippen LogP contribution in [0.3, 0.4) is 0 Å². The number of imidazole rings is 1. The van der Waals surface area contributed by atoms with E-state index in [0.29, 0.717) is 23.9 Å². The Balaban J connectivity index is 1.48. The number of halogens is 1. The summed E-state index contributed by atoms with van der Waals surface area (Å²) in [4.78, 5) is 16.8. The van der Waals surface area contributed by atoms with Gasteiger partial charge in [-0.25, -0.2) is 4.98 Å². The molecular weight excluding hydrogens is 336 g/mol. The van der Waals surface area contributed by atoms with E-state index in [-0.39, 0.29) is 5.91 Å². The first kappa shape index (κ1) is 15.7. The molecule has 2 aromatic heterocycles. The summed E-state index contributed by atoms with van der Waals surface area (Å²) in [5.41, 5.74) is 2.82. The van der Waals surface area contributed by atoms with Crippen molar-refractivity contribution in [1.29, 1.82) is 0 Å². The maximum absolute atomic E-state index is 12.3. The Kier molecular flexibility index (Phi) is 3.93. The first-order chi connectivity index (χ1) is 12.1. The smallest absolute Gasteiger partial charge is 0.228 e. The number of para-hydroxylation sites is 1. The summed E-state index contributed by atoms with van der Waals surface area (Å²) in [5, 5.41) is 4.69. The van der Waals surface area contributed by atoms with Gasteiger partial charge in [-0.15, -0.1) is 0 Å². The minimum atomic E-state index is -0.0673. The molecule has 2 heterocycles. The molecule has 0 saturated heterocycles. The van der Waals surface area contributed by atoms with E-state index in [1.165, 1.54) is 5.39 Å². The topological polar surface area (TPSA) is 51.9 Å². The zero-order chi connectivity index (χ0) is 17.4. The van der Waals surface area contributed by atoms with Crippen molar-refractivity contribution in [1.82, 2.24) is 14.1 Å². The molecule has 1 N–H and O–H groups in total. The van der Waals surface area contributed by atoms with Gasteiger partial charge in [0.15, 0.2) is 0 Å². The fourth-order valence-electron chi connectivity index (χ4n) is 3.03. The third-order valence-corrected chi connectivity index (χ3v) is 4.59. The van der Waals surface area contributed by atoms with Gasteiger partial charge in [-0.05, 0) is 35.7 Å². The number of fused-ring (bicyclic) bond motifs is 2. The first-order valence-electron chi connectivity index (χ1n) is 8.07. The Hall–Kier alpha value is -2.79. The molecule has 0 spiro atoms. The molecule has 0 fully saturated rings. The number of benzene rings is 2. The summed E-state index contributed by atoms with van der Waals surface area (Å²) in [6.45, 7) is 0.620. The van der Waals surface area contributed by atoms with Crippen LogP contribution in [0, 0.1) is 0 Å². The summed E-state index contributed by atoms with van der Waals surface area (Å²) < 4.78 is 3.94. The molecule has 2 aromatic carbocycles. The van der Waals surface area contributed by atoms with Crippen molar-refractivity contribution in [2.45, 2.75) is 13.0 Å². The largest absolute Gasteiger partial charge is 0.347 e. The Labute approximate surface area is 149 Å². The van der Waals surface area contributed by atoms with Gasteiger partial charge in [0.2, 0.25) is 11.9 Å². The van der Waals surface area contributed by atoms with E-state index in [1.54, 1.807) is 6.07 Å². The number of aryl methyl sites for hydroxylation is 2. The molecule has 25 heavy (non-hydrogen) atoms. The molecule has 0 saturated carbocycles. The van der Waals surface area contributed by atoms with Crippen LogP contribution in [0.15, 0.2) is 54.7 Å². The van der Waals surface area contributed by atoms with Crippen LogP contribution in [-0.4, -0.2) is 20.0 Å². The maximum atomic E-state index is 12.3. The van der Waals surface area contributed by atoms with Crippen molar-refractivity contribution < 1.29 is 4.79 Å². The van der Waals surface area contributed by atoms with Crippen LogP contribution < -0.4 is 5.32 Å². The lowest BCUT2D eigenvalue weighted by atomic mass is 10.2. The number of carbonyl (C=O) groups excluding carboxylic acids is 1. The van der Waals surface area contributed by atoms with E-state index in [1.807, 2.05) is 42.1 Å². The second-order valence-electron chi connectivity index (χ2n) is 5.99.